The van der Waals surface area contributed by atoms with Crippen molar-refractivity contribution in [3.05, 3.63) is 22.4 Å². The summed E-state index contributed by atoms with van der Waals surface area (Å²) in [6, 6.07) is 2.62. The summed E-state index contributed by atoms with van der Waals surface area (Å²) in [7, 11) is 0. The Morgan fingerprint density at radius 1 is 1.00 bits per heavy atom. The van der Waals surface area contributed by atoms with Gasteiger partial charge in [0.15, 0.2) is 0 Å². The first-order chi connectivity index (χ1) is 10.4. The van der Waals surface area contributed by atoms with Gasteiger partial charge in [0.25, 0.3) is 0 Å². The Bertz CT molecular complexity index is 340. The first kappa shape index (κ1) is 17.0. The highest BCUT2D eigenvalue weighted by molar-refractivity contribution is 7.07. The van der Waals surface area contributed by atoms with Gasteiger partial charge in [-0.3, -0.25) is 0 Å². The third kappa shape index (κ3) is 6.94. The van der Waals surface area contributed by atoms with Crippen LogP contribution in [0.25, 0.3) is 0 Å². The van der Waals surface area contributed by atoms with Gasteiger partial charge in [-0.15, -0.1) is 0 Å². The van der Waals surface area contributed by atoms with Crippen molar-refractivity contribution >= 4 is 11.3 Å². The number of rotatable bonds is 4. The van der Waals surface area contributed by atoms with Crippen molar-refractivity contribution in [2.24, 2.45) is 0 Å². The lowest BCUT2D eigenvalue weighted by atomic mass is 9.97. The van der Waals surface area contributed by atoms with Gasteiger partial charge in [0.05, 0.1) is 6.10 Å². The maximum Gasteiger partial charge on any atom is 0.0922 e. The van der Waals surface area contributed by atoms with Crippen LogP contribution in [0.15, 0.2) is 16.8 Å². The van der Waals surface area contributed by atoms with E-state index in [1.807, 2.05) is 16.8 Å². The Morgan fingerprint density at radius 3 is 2.10 bits per heavy atom. The molecule has 1 aromatic heterocycles. The van der Waals surface area contributed by atoms with E-state index in [1.165, 1.54) is 70.6 Å². The summed E-state index contributed by atoms with van der Waals surface area (Å²) in [6.07, 6.45) is 14.7. The molecule has 2 N–H and O–H groups in total. The molecule has 1 saturated carbocycles. The van der Waals surface area contributed by atoms with Crippen molar-refractivity contribution < 1.29 is 5.11 Å². The monoisotopic (exact) mass is 309 g/mol. The molecule has 0 bridgehead atoms. The molecule has 1 fully saturated rings. The molecule has 0 amide bonds. The summed E-state index contributed by atoms with van der Waals surface area (Å²) in [5, 5.41) is 17.9. The minimum absolute atomic E-state index is 0.349. The SMILES string of the molecule is OC(CNC1CCCCCCCCCCC1)c1ccsc1. The summed E-state index contributed by atoms with van der Waals surface area (Å²) < 4.78 is 0. The first-order valence-electron chi connectivity index (χ1n) is 8.80. The summed E-state index contributed by atoms with van der Waals surface area (Å²) in [5.41, 5.74) is 1.06. The van der Waals surface area contributed by atoms with Gasteiger partial charge in [0.2, 0.25) is 0 Å². The Hall–Kier alpha value is -0.380. The van der Waals surface area contributed by atoms with Gasteiger partial charge in [-0.25, -0.2) is 0 Å². The number of aliphatic hydroxyl groups is 1. The molecule has 2 rings (SSSR count). The number of hydrogen-bond donors (Lipinski definition) is 2. The third-order valence-corrected chi connectivity index (χ3v) is 5.33. The second kappa shape index (κ2) is 10.4. The van der Waals surface area contributed by atoms with Crippen LogP contribution in [0.3, 0.4) is 0 Å². The zero-order valence-electron chi connectivity index (χ0n) is 13.2. The minimum atomic E-state index is -0.349. The summed E-state index contributed by atoms with van der Waals surface area (Å²) in [5.74, 6) is 0. The van der Waals surface area contributed by atoms with Crippen LogP contribution in [0.2, 0.25) is 0 Å². The van der Waals surface area contributed by atoms with Gasteiger partial charge >= 0.3 is 0 Å². The third-order valence-electron chi connectivity index (χ3n) is 4.63. The molecule has 1 atom stereocenters. The highest BCUT2D eigenvalue weighted by atomic mass is 32.1. The predicted octanol–water partition coefficient (Wildman–Crippen LogP) is 5.04. The second-order valence-corrected chi connectivity index (χ2v) is 7.22. The highest BCUT2D eigenvalue weighted by Crippen LogP contribution is 2.19. The number of hydrogen-bond acceptors (Lipinski definition) is 3. The average molecular weight is 310 g/mol. The van der Waals surface area contributed by atoms with Crippen LogP contribution in [0.1, 0.15) is 82.3 Å². The predicted molar refractivity (Wildman–Crippen MR) is 91.9 cm³/mol. The zero-order valence-corrected chi connectivity index (χ0v) is 14.0. The maximum absolute atomic E-state index is 10.2. The van der Waals surface area contributed by atoms with Gasteiger partial charge in [-0.2, -0.15) is 11.3 Å². The Morgan fingerprint density at radius 2 is 1.57 bits per heavy atom. The molecule has 120 valence electrons. The van der Waals surface area contributed by atoms with Crippen LogP contribution in [0.4, 0.5) is 0 Å². The summed E-state index contributed by atoms with van der Waals surface area (Å²) in [4.78, 5) is 0. The van der Waals surface area contributed by atoms with E-state index in [4.69, 9.17) is 0 Å². The largest absolute Gasteiger partial charge is 0.387 e. The molecular weight excluding hydrogens is 278 g/mol. The summed E-state index contributed by atoms with van der Waals surface area (Å²) in [6.45, 7) is 0.696. The van der Waals surface area contributed by atoms with E-state index < -0.39 is 0 Å². The summed E-state index contributed by atoms with van der Waals surface area (Å²) >= 11 is 1.66. The Balaban J connectivity index is 1.72. The van der Waals surface area contributed by atoms with Crippen molar-refractivity contribution in [1.29, 1.82) is 0 Å². The van der Waals surface area contributed by atoms with E-state index in [-0.39, 0.29) is 6.10 Å². The van der Waals surface area contributed by atoms with Gasteiger partial charge in [0.1, 0.15) is 0 Å². The van der Waals surface area contributed by atoms with Gasteiger partial charge in [-0.05, 0) is 35.2 Å². The molecule has 3 heteroatoms. The number of thiophene rings is 1. The molecule has 0 spiro atoms. The number of nitrogens with one attached hydrogen (secondary N) is 1. The first-order valence-corrected chi connectivity index (χ1v) is 9.74. The average Bonchev–Trinajstić information content (AvgIpc) is 3.01. The lowest BCUT2D eigenvalue weighted by Gasteiger charge is -2.21. The molecule has 1 aromatic rings. The number of aliphatic hydroxyl groups excluding tert-OH is 1. The molecular formula is C18H31NOS. The highest BCUT2D eigenvalue weighted by Gasteiger charge is 2.13. The molecule has 0 radical (unpaired) electrons. The van der Waals surface area contributed by atoms with E-state index in [2.05, 4.69) is 5.32 Å². The standard InChI is InChI=1S/C18H31NOS/c20-18(16-12-13-21-15-16)14-19-17-10-8-6-4-2-1-3-5-7-9-11-17/h12-13,15,17-20H,1-11,14H2. The molecule has 0 aliphatic heterocycles. The Labute approximate surface area is 134 Å². The molecule has 1 aliphatic carbocycles. The van der Waals surface area contributed by atoms with Crippen molar-refractivity contribution in [2.75, 3.05) is 6.54 Å². The molecule has 0 saturated heterocycles. The molecule has 0 aromatic carbocycles. The van der Waals surface area contributed by atoms with Crippen molar-refractivity contribution in [3.63, 3.8) is 0 Å². The van der Waals surface area contributed by atoms with E-state index in [0.29, 0.717) is 12.6 Å². The Kier molecular flexibility index (Phi) is 8.38. The molecule has 21 heavy (non-hydrogen) atoms. The fraction of sp³-hybridized carbons (Fsp3) is 0.778. The molecule has 2 nitrogen and oxygen atoms in total. The van der Waals surface area contributed by atoms with Crippen LogP contribution < -0.4 is 5.32 Å². The van der Waals surface area contributed by atoms with Gasteiger partial charge in [-0.1, -0.05) is 57.8 Å². The van der Waals surface area contributed by atoms with E-state index in [0.717, 1.165) is 5.56 Å². The molecule has 1 aliphatic rings. The lowest BCUT2D eigenvalue weighted by molar-refractivity contribution is 0.167. The second-order valence-electron chi connectivity index (χ2n) is 6.44. The van der Waals surface area contributed by atoms with Gasteiger partial charge in [0, 0.05) is 12.6 Å². The quantitative estimate of drug-likeness (QED) is 0.816. The minimum Gasteiger partial charge on any atom is -0.387 e. The van der Waals surface area contributed by atoms with Crippen LogP contribution in [-0.4, -0.2) is 17.7 Å². The van der Waals surface area contributed by atoms with Crippen LogP contribution in [0.5, 0.6) is 0 Å². The smallest absolute Gasteiger partial charge is 0.0922 e. The van der Waals surface area contributed by atoms with Crippen molar-refractivity contribution in [2.45, 2.75) is 82.8 Å². The molecule has 1 heterocycles. The van der Waals surface area contributed by atoms with E-state index in [9.17, 15) is 5.11 Å². The van der Waals surface area contributed by atoms with Crippen molar-refractivity contribution in [3.8, 4) is 0 Å². The maximum atomic E-state index is 10.2. The zero-order chi connectivity index (χ0) is 14.8. The van der Waals surface area contributed by atoms with Crippen LogP contribution in [0, 0.1) is 0 Å². The fourth-order valence-corrected chi connectivity index (χ4v) is 3.94. The van der Waals surface area contributed by atoms with Crippen molar-refractivity contribution in [1.82, 2.24) is 5.32 Å². The van der Waals surface area contributed by atoms with E-state index in [1.54, 1.807) is 11.3 Å². The molecule has 1 unspecified atom stereocenters. The van der Waals surface area contributed by atoms with Gasteiger partial charge < -0.3 is 10.4 Å². The lowest BCUT2D eigenvalue weighted by Crippen LogP contribution is -2.32. The topological polar surface area (TPSA) is 32.3 Å². The normalized spacial score (nSPS) is 21.4. The fourth-order valence-electron chi connectivity index (χ4n) is 3.23. The van der Waals surface area contributed by atoms with Crippen LogP contribution in [-0.2, 0) is 0 Å². The van der Waals surface area contributed by atoms with Crippen LogP contribution >= 0.6 is 11.3 Å². The van der Waals surface area contributed by atoms with E-state index >= 15 is 0 Å².